The molecule has 0 radical (unpaired) electrons. The zero-order valence-electron chi connectivity index (χ0n) is 14.2. The second kappa shape index (κ2) is 8.30. The van der Waals surface area contributed by atoms with Crippen LogP contribution in [0.5, 0.6) is 0 Å². The molecule has 1 aromatic carbocycles. The number of fused-ring (bicyclic) bond motifs is 1. The fourth-order valence-electron chi connectivity index (χ4n) is 3.10. The molecule has 3 rings (SSSR count). The van der Waals surface area contributed by atoms with Gasteiger partial charge >= 0.3 is 0 Å². The largest absolute Gasteiger partial charge is 0.324 e. The highest BCUT2D eigenvalue weighted by Crippen LogP contribution is 2.32. The lowest BCUT2D eigenvalue weighted by molar-refractivity contribution is 0.747. The number of hydrogen-bond donors (Lipinski definition) is 2. The van der Waals surface area contributed by atoms with Crippen molar-refractivity contribution in [3.8, 4) is 0 Å². The van der Waals surface area contributed by atoms with Gasteiger partial charge in [-0.1, -0.05) is 54.5 Å². The number of benzene rings is 1. The Morgan fingerprint density at radius 3 is 2.82 bits per heavy atom. The third-order valence-electron chi connectivity index (χ3n) is 4.55. The minimum Gasteiger partial charge on any atom is -0.324 e. The van der Waals surface area contributed by atoms with Crippen LogP contribution in [0.4, 0.5) is 0 Å². The standard InChI is InChI=1S/C11H14.C9H16N2/c1-8-3-6-11-9(2)4-5-10(11)7-8;1-11-7-6-8-2-4-9(10)5-3-8/h3,6-7,9H,4-5H2,1-2H3;2-4,9,11H,5-7,10H2,1H3. The molecule has 2 nitrogen and oxygen atoms in total. The third kappa shape index (κ3) is 4.82. The predicted octanol–water partition coefficient (Wildman–Crippen LogP) is 3.85. The summed E-state index contributed by atoms with van der Waals surface area (Å²) < 4.78 is 0. The predicted molar refractivity (Wildman–Crippen MR) is 96.3 cm³/mol. The van der Waals surface area contributed by atoms with Gasteiger partial charge in [-0.3, -0.25) is 0 Å². The van der Waals surface area contributed by atoms with Crippen molar-refractivity contribution in [2.24, 2.45) is 5.73 Å². The molecule has 0 aliphatic heterocycles. The average molecular weight is 298 g/mol. The molecular weight excluding hydrogens is 268 g/mol. The molecule has 0 fully saturated rings. The molecule has 3 N–H and O–H groups in total. The van der Waals surface area contributed by atoms with E-state index in [1.54, 1.807) is 11.1 Å². The molecule has 0 bridgehead atoms. The van der Waals surface area contributed by atoms with E-state index in [0.29, 0.717) is 0 Å². The second-order valence-corrected chi connectivity index (χ2v) is 6.53. The lowest BCUT2D eigenvalue weighted by atomic mass is 10.0. The summed E-state index contributed by atoms with van der Waals surface area (Å²) in [6.45, 7) is 5.54. The number of hydrogen-bond acceptors (Lipinski definition) is 2. The molecule has 0 amide bonds. The average Bonchev–Trinajstić information content (AvgIpc) is 2.88. The Bertz CT molecular complexity index is 543. The topological polar surface area (TPSA) is 38.0 Å². The van der Waals surface area contributed by atoms with Crippen LogP contribution in [-0.2, 0) is 6.42 Å². The van der Waals surface area contributed by atoms with Crippen molar-refractivity contribution in [3.05, 3.63) is 58.7 Å². The maximum atomic E-state index is 5.68. The van der Waals surface area contributed by atoms with Crippen molar-refractivity contribution in [3.63, 3.8) is 0 Å². The number of nitrogens with two attached hydrogens (primary N) is 1. The molecule has 2 aliphatic rings. The summed E-state index contributed by atoms with van der Waals surface area (Å²) >= 11 is 0. The van der Waals surface area contributed by atoms with E-state index >= 15 is 0 Å². The quantitative estimate of drug-likeness (QED) is 0.889. The first kappa shape index (κ1) is 17.0. The van der Waals surface area contributed by atoms with E-state index in [4.69, 9.17) is 5.73 Å². The summed E-state index contributed by atoms with van der Waals surface area (Å²) in [5, 5.41) is 3.12. The number of aryl methyl sites for hydroxylation is 2. The van der Waals surface area contributed by atoms with Crippen molar-refractivity contribution < 1.29 is 0 Å². The molecule has 0 aromatic heterocycles. The van der Waals surface area contributed by atoms with Crippen molar-refractivity contribution in [1.29, 1.82) is 0 Å². The van der Waals surface area contributed by atoms with Gasteiger partial charge in [0.25, 0.3) is 0 Å². The number of rotatable bonds is 3. The highest BCUT2D eigenvalue weighted by atomic mass is 14.8. The summed E-state index contributed by atoms with van der Waals surface area (Å²) in [5.41, 5.74) is 11.6. The lowest BCUT2D eigenvalue weighted by Gasteiger charge is -2.11. The van der Waals surface area contributed by atoms with Crippen LogP contribution < -0.4 is 11.1 Å². The van der Waals surface area contributed by atoms with Crippen molar-refractivity contribution >= 4 is 0 Å². The Morgan fingerprint density at radius 2 is 2.14 bits per heavy atom. The molecule has 22 heavy (non-hydrogen) atoms. The lowest BCUT2D eigenvalue weighted by Crippen LogP contribution is -2.18. The molecular formula is C20H30N2. The summed E-state index contributed by atoms with van der Waals surface area (Å²) in [4.78, 5) is 0. The highest BCUT2D eigenvalue weighted by molar-refractivity contribution is 5.37. The molecule has 120 valence electrons. The summed E-state index contributed by atoms with van der Waals surface area (Å²) in [7, 11) is 1.97. The van der Waals surface area contributed by atoms with Gasteiger partial charge in [0.05, 0.1) is 0 Å². The van der Waals surface area contributed by atoms with Crippen LogP contribution in [0.25, 0.3) is 0 Å². The van der Waals surface area contributed by atoms with Gasteiger partial charge < -0.3 is 11.1 Å². The first-order chi connectivity index (χ1) is 10.6. The maximum Gasteiger partial charge on any atom is 0.0262 e. The molecule has 0 saturated carbocycles. The van der Waals surface area contributed by atoms with E-state index < -0.39 is 0 Å². The normalized spacial score (nSPS) is 22.6. The first-order valence-corrected chi connectivity index (χ1v) is 8.47. The van der Waals surface area contributed by atoms with Gasteiger partial charge in [0.15, 0.2) is 0 Å². The van der Waals surface area contributed by atoms with E-state index in [0.717, 1.165) is 25.3 Å². The van der Waals surface area contributed by atoms with Gasteiger partial charge in [0, 0.05) is 6.04 Å². The molecule has 2 heteroatoms. The maximum absolute atomic E-state index is 5.68. The van der Waals surface area contributed by atoms with Crippen LogP contribution in [0.3, 0.4) is 0 Å². The number of nitrogens with one attached hydrogen (secondary N) is 1. The summed E-state index contributed by atoms with van der Waals surface area (Å²) in [6, 6.07) is 7.09. The van der Waals surface area contributed by atoms with Crippen molar-refractivity contribution in [1.82, 2.24) is 5.32 Å². The van der Waals surface area contributed by atoms with Crippen molar-refractivity contribution in [2.75, 3.05) is 13.6 Å². The fourth-order valence-corrected chi connectivity index (χ4v) is 3.10. The van der Waals surface area contributed by atoms with Crippen LogP contribution in [0.1, 0.15) is 48.8 Å². The third-order valence-corrected chi connectivity index (χ3v) is 4.55. The Morgan fingerprint density at radius 1 is 1.32 bits per heavy atom. The minimum atomic E-state index is 0.244. The Hall–Kier alpha value is -1.38. The van der Waals surface area contributed by atoms with E-state index in [-0.39, 0.29) is 6.04 Å². The second-order valence-electron chi connectivity index (χ2n) is 6.53. The van der Waals surface area contributed by atoms with Crippen LogP contribution in [0.2, 0.25) is 0 Å². The van der Waals surface area contributed by atoms with E-state index in [9.17, 15) is 0 Å². The van der Waals surface area contributed by atoms with Gasteiger partial charge in [0.1, 0.15) is 0 Å². The van der Waals surface area contributed by atoms with E-state index in [1.165, 1.54) is 24.0 Å². The monoisotopic (exact) mass is 298 g/mol. The molecule has 0 saturated heterocycles. The molecule has 2 unspecified atom stereocenters. The smallest absolute Gasteiger partial charge is 0.0262 e. The molecule has 2 aliphatic carbocycles. The highest BCUT2D eigenvalue weighted by Gasteiger charge is 2.17. The zero-order valence-corrected chi connectivity index (χ0v) is 14.2. The van der Waals surface area contributed by atoms with E-state index in [1.807, 2.05) is 7.05 Å². The summed E-state index contributed by atoms with van der Waals surface area (Å²) in [6.07, 6.45) is 11.2. The van der Waals surface area contributed by atoms with Gasteiger partial charge in [-0.05, 0) is 63.2 Å². The van der Waals surface area contributed by atoms with Crippen LogP contribution in [0, 0.1) is 6.92 Å². The fraction of sp³-hybridized carbons (Fsp3) is 0.500. The Labute approximate surface area is 135 Å². The van der Waals surface area contributed by atoms with Crippen molar-refractivity contribution in [2.45, 2.75) is 51.5 Å². The van der Waals surface area contributed by atoms with Gasteiger partial charge in [-0.15, -0.1) is 0 Å². The molecule has 1 aromatic rings. The minimum absolute atomic E-state index is 0.244. The molecule has 0 heterocycles. The Balaban J connectivity index is 0.000000160. The van der Waals surface area contributed by atoms with Crippen LogP contribution >= 0.6 is 0 Å². The molecule has 0 spiro atoms. The van der Waals surface area contributed by atoms with E-state index in [2.05, 4.69) is 55.6 Å². The zero-order chi connectivity index (χ0) is 15.9. The first-order valence-electron chi connectivity index (χ1n) is 8.47. The van der Waals surface area contributed by atoms with Gasteiger partial charge in [-0.2, -0.15) is 0 Å². The molecule has 2 atom stereocenters. The van der Waals surface area contributed by atoms with Crippen LogP contribution in [-0.4, -0.2) is 19.6 Å². The summed E-state index contributed by atoms with van der Waals surface area (Å²) in [5.74, 6) is 0.797. The Kier molecular flexibility index (Phi) is 6.41. The van der Waals surface area contributed by atoms with Crippen LogP contribution in [0.15, 0.2) is 42.0 Å². The number of allylic oxidation sites excluding steroid dienone is 1. The van der Waals surface area contributed by atoms with Gasteiger partial charge in [0.2, 0.25) is 0 Å². The van der Waals surface area contributed by atoms with Gasteiger partial charge in [-0.25, -0.2) is 0 Å². The SMILES string of the molecule is CNCCC1=CCC(N)C=C1.Cc1ccc2c(c1)CCC2C.